The average molecular weight is 243 g/mol. The predicted octanol–water partition coefficient (Wildman–Crippen LogP) is 0.688. The van der Waals surface area contributed by atoms with E-state index in [1.165, 1.54) is 38.8 Å². The number of hydrogen-bond donors (Lipinski definition) is 2. The van der Waals surface area contributed by atoms with Crippen molar-refractivity contribution < 1.29 is 4.74 Å². The molecule has 17 heavy (non-hydrogen) atoms. The standard InChI is InChI=1S/C13H29N3O/c1-14-6-4-2-3-5-12-17-13-11-16-9-7-15-8-10-16/h14-15H,2-13H2,1H3. The summed E-state index contributed by atoms with van der Waals surface area (Å²) in [6.07, 6.45) is 5.12. The van der Waals surface area contributed by atoms with E-state index in [1.807, 2.05) is 7.05 Å². The molecule has 0 spiro atoms. The van der Waals surface area contributed by atoms with Crippen molar-refractivity contribution in [2.45, 2.75) is 25.7 Å². The lowest BCUT2D eigenvalue weighted by Gasteiger charge is -2.26. The van der Waals surface area contributed by atoms with Crippen molar-refractivity contribution >= 4 is 0 Å². The fourth-order valence-corrected chi connectivity index (χ4v) is 2.09. The molecule has 0 saturated carbocycles. The summed E-state index contributed by atoms with van der Waals surface area (Å²) in [5, 5.41) is 6.54. The lowest BCUT2D eigenvalue weighted by Crippen LogP contribution is -2.44. The average Bonchev–Trinajstić information content (AvgIpc) is 2.38. The fraction of sp³-hybridized carbons (Fsp3) is 1.00. The minimum atomic E-state index is 0.899. The molecule has 4 heteroatoms. The predicted molar refractivity (Wildman–Crippen MR) is 72.5 cm³/mol. The monoisotopic (exact) mass is 243 g/mol. The number of hydrogen-bond acceptors (Lipinski definition) is 4. The van der Waals surface area contributed by atoms with Gasteiger partial charge in [-0.25, -0.2) is 0 Å². The normalized spacial score (nSPS) is 17.5. The first-order valence-corrected chi connectivity index (χ1v) is 7.09. The van der Waals surface area contributed by atoms with Crippen molar-refractivity contribution in [2.75, 3.05) is 59.5 Å². The van der Waals surface area contributed by atoms with E-state index in [-0.39, 0.29) is 0 Å². The highest BCUT2D eigenvalue weighted by atomic mass is 16.5. The largest absolute Gasteiger partial charge is 0.380 e. The number of rotatable bonds is 10. The van der Waals surface area contributed by atoms with Crippen molar-refractivity contribution in [3.05, 3.63) is 0 Å². The SMILES string of the molecule is CNCCCCCCOCCN1CCNCC1. The van der Waals surface area contributed by atoms with Crippen molar-refractivity contribution in [1.29, 1.82) is 0 Å². The van der Waals surface area contributed by atoms with E-state index >= 15 is 0 Å². The molecule has 1 fully saturated rings. The molecule has 0 bridgehead atoms. The van der Waals surface area contributed by atoms with E-state index in [0.717, 1.165) is 39.4 Å². The summed E-state index contributed by atoms with van der Waals surface area (Å²) in [4.78, 5) is 2.48. The van der Waals surface area contributed by atoms with E-state index in [9.17, 15) is 0 Å². The van der Waals surface area contributed by atoms with Crippen LogP contribution in [-0.4, -0.2) is 64.4 Å². The van der Waals surface area contributed by atoms with Crippen molar-refractivity contribution in [3.63, 3.8) is 0 Å². The van der Waals surface area contributed by atoms with Gasteiger partial charge in [-0.05, 0) is 26.4 Å². The fourth-order valence-electron chi connectivity index (χ4n) is 2.09. The number of piperazine rings is 1. The molecule has 4 nitrogen and oxygen atoms in total. The molecule has 1 saturated heterocycles. The van der Waals surface area contributed by atoms with E-state index in [2.05, 4.69) is 15.5 Å². The van der Waals surface area contributed by atoms with Crippen LogP contribution in [0.2, 0.25) is 0 Å². The summed E-state index contributed by atoms with van der Waals surface area (Å²) >= 11 is 0. The van der Waals surface area contributed by atoms with Crippen molar-refractivity contribution in [1.82, 2.24) is 15.5 Å². The minimum Gasteiger partial charge on any atom is -0.380 e. The van der Waals surface area contributed by atoms with Crippen molar-refractivity contribution in [2.24, 2.45) is 0 Å². The van der Waals surface area contributed by atoms with Crippen LogP contribution >= 0.6 is 0 Å². The highest BCUT2D eigenvalue weighted by Gasteiger charge is 2.07. The van der Waals surface area contributed by atoms with E-state index < -0.39 is 0 Å². The maximum absolute atomic E-state index is 5.67. The maximum Gasteiger partial charge on any atom is 0.0593 e. The van der Waals surface area contributed by atoms with Gasteiger partial charge in [0.05, 0.1) is 6.61 Å². The van der Waals surface area contributed by atoms with Gasteiger partial charge in [0.25, 0.3) is 0 Å². The van der Waals surface area contributed by atoms with E-state index in [1.54, 1.807) is 0 Å². The Morgan fingerprint density at radius 3 is 2.59 bits per heavy atom. The van der Waals surface area contributed by atoms with Crippen LogP contribution in [0.15, 0.2) is 0 Å². The lowest BCUT2D eigenvalue weighted by molar-refractivity contribution is 0.0962. The Balaban J connectivity index is 1.75. The molecular weight excluding hydrogens is 214 g/mol. The second-order valence-electron chi connectivity index (χ2n) is 4.72. The number of nitrogens with zero attached hydrogens (tertiary/aromatic N) is 1. The minimum absolute atomic E-state index is 0.899. The topological polar surface area (TPSA) is 36.5 Å². The molecule has 1 aliphatic rings. The first-order valence-electron chi connectivity index (χ1n) is 7.09. The smallest absolute Gasteiger partial charge is 0.0593 e. The highest BCUT2D eigenvalue weighted by Crippen LogP contribution is 1.99. The second kappa shape index (κ2) is 11.0. The molecule has 1 heterocycles. The molecule has 0 unspecified atom stereocenters. The van der Waals surface area contributed by atoms with Crippen LogP contribution in [0.1, 0.15) is 25.7 Å². The Hall–Kier alpha value is -0.160. The third kappa shape index (κ3) is 8.55. The van der Waals surface area contributed by atoms with Gasteiger partial charge in [-0.3, -0.25) is 4.90 Å². The molecule has 0 amide bonds. The van der Waals surface area contributed by atoms with E-state index in [0.29, 0.717) is 0 Å². The van der Waals surface area contributed by atoms with E-state index in [4.69, 9.17) is 4.74 Å². The Morgan fingerprint density at radius 1 is 1.06 bits per heavy atom. The molecule has 0 aromatic carbocycles. The molecule has 0 aromatic rings. The summed E-state index contributed by atoms with van der Waals surface area (Å²) in [6.45, 7) is 8.69. The van der Waals surface area contributed by atoms with Gasteiger partial charge in [0.15, 0.2) is 0 Å². The molecule has 2 N–H and O–H groups in total. The van der Waals surface area contributed by atoms with Crippen LogP contribution in [0.3, 0.4) is 0 Å². The third-order valence-electron chi connectivity index (χ3n) is 3.23. The molecule has 0 radical (unpaired) electrons. The van der Waals surface area contributed by atoms with Gasteiger partial charge < -0.3 is 15.4 Å². The zero-order valence-electron chi connectivity index (χ0n) is 11.3. The Bertz CT molecular complexity index is 161. The van der Waals surface area contributed by atoms with Crippen LogP contribution in [0.25, 0.3) is 0 Å². The van der Waals surface area contributed by atoms with Crippen molar-refractivity contribution in [3.8, 4) is 0 Å². The summed E-state index contributed by atoms with van der Waals surface area (Å²) in [5.41, 5.74) is 0. The van der Waals surface area contributed by atoms with Crippen LogP contribution in [0, 0.1) is 0 Å². The summed E-state index contributed by atoms with van der Waals surface area (Å²) in [6, 6.07) is 0. The first kappa shape index (κ1) is 14.9. The van der Waals surface area contributed by atoms with Gasteiger partial charge in [-0.2, -0.15) is 0 Å². The van der Waals surface area contributed by atoms with Crippen LogP contribution in [0.4, 0.5) is 0 Å². The van der Waals surface area contributed by atoms with Gasteiger partial charge in [0.2, 0.25) is 0 Å². The van der Waals surface area contributed by atoms with Gasteiger partial charge >= 0.3 is 0 Å². The van der Waals surface area contributed by atoms with Gasteiger partial charge in [0, 0.05) is 39.3 Å². The lowest BCUT2D eigenvalue weighted by atomic mass is 10.2. The van der Waals surface area contributed by atoms with Crippen LogP contribution in [-0.2, 0) is 4.74 Å². The van der Waals surface area contributed by atoms with Crippen LogP contribution in [0.5, 0.6) is 0 Å². The molecule has 1 aliphatic heterocycles. The molecular formula is C13H29N3O. The van der Waals surface area contributed by atoms with Crippen LogP contribution < -0.4 is 10.6 Å². The Morgan fingerprint density at radius 2 is 1.82 bits per heavy atom. The van der Waals surface area contributed by atoms with Gasteiger partial charge in [-0.1, -0.05) is 12.8 Å². The molecule has 102 valence electrons. The van der Waals surface area contributed by atoms with Gasteiger partial charge in [-0.15, -0.1) is 0 Å². The molecule has 0 aliphatic carbocycles. The Kier molecular flexibility index (Phi) is 9.61. The number of nitrogens with one attached hydrogen (secondary N) is 2. The second-order valence-corrected chi connectivity index (χ2v) is 4.72. The molecule has 0 atom stereocenters. The zero-order chi connectivity index (χ0) is 12.2. The summed E-state index contributed by atoms with van der Waals surface area (Å²) in [7, 11) is 2.01. The number of unbranched alkanes of at least 4 members (excludes halogenated alkanes) is 3. The molecule has 0 aromatic heterocycles. The number of ether oxygens (including phenoxy) is 1. The summed E-state index contributed by atoms with van der Waals surface area (Å²) < 4.78 is 5.67. The highest BCUT2D eigenvalue weighted by molar-refractivity contribution is 4.66. The zero-order valence-corrected chi connectivity index (χ0v) is 11.3. The first-order chi connectivity index (χ1) is 8.43. The molecule has 1 rings (SSSR count). The quantitative estimate of drug-likeness (QED) is 0.554. The third-order valence-corrected chi connectivity index (χ3v) is 3.23. The summed E-state index contributed by atoms with van der Waals surface area (Å²) in [5.74, 6) is 0. The van der Waals surface area contributed by atoms with Gasteiger partial charge in [0.1, 0.15) is 0 Å². The Labute approximate surface area is 106 Å². The maximum atomic E-state index is 5.67.